The van der Waals surface area contributed by atoms with Crippen molar-refractivity contribution in [1.82, 2.24) is 4.98 Å². The first kappa shape index (κ1) is 16.0. The first-order valence-electron chi connectivity index (χ1n) is 7.26. The van der Waals surface area contributed by atoms with Gasteiger partial charge in [0.15, 0.2) is 0 Å². The topological polar surface area (TPSA) is 49.1 Å². The Morgan fingerprint density at radius 1 is 1.12 bits per heavy atom. The van der Waals surface area contributed by atoms with E-state index in [1.165, 1.54) is 0 Å². The van der Waals surface area contributed by atoms with E-state index in [4.69, 9.17) is 4.74 Å². The molecule has 0 aliphatic carbocycles. The Bertz CT molecular complexity index is 880. The molecule has 0 unspecified atom stereocenters. The molecule has 0 radical (unpaired) electrons. The third-order valence-electron chi connectivity index (χ3n) is 3.51. The van der Waals surface area contributed by atoms with E-state index >= 15 is 0 Å². The van der Waals surface area contributed by atoms with Gasteiger partial charge in [0.1, 0.15) is 16.7 Å². The number of halogens is 3. The van der Waals surface area contributed by atoms with E-state index in [9.17, 15) is 18.4 Å². The SMILES string of the molecule is CCc1nc(Oc2ccccc2)c2cc(C(F)(F)F)ccc2[n+]1[O-]. The van der Waals surface area contributed by atoms with E-state index in [-0.39, 0.29) is 22.6 Å². The molecule has 1 aromatic heterocycles. The van der Waals surface area contributed by atoms with Gasteiger partial charge in [0.25, 0.3) is 0 Å². The smallest absolute Gasteiger partial charge is 0.416 e. The first-order chi connectivity index (χ1) is 11.4. The van der Waals surface area contributed by atoms with Crippen molar-refractivity contribution in [3.63, 3.8) is 0 Å². The van der Waals surface area contributed by atoms with Crippen LogP contribution in [0.4, 0.5) is 13.2 Å². The van der Waals surface area contributed by atoms with E-state index < -0.39 is 11.7 Å². The lowest BCUT2D eigenvalue weighted by Crippen LogP contribution is -2.34. The second kappa shape index (κ2) is 5.99. The molecular weight excluding hydrogens is 321 g/mol. The molecule has 3 aromatic rings. The van der Waals surface area contributed by atoms with Crippen molar-refractivity contribution in [1.29, 1.82) is 0 Å². The molecule has 0 aliphatic heterocycles. The number of alkyl halides is 3. The summed E-state index contributed by atoms with van der Waals surface area (Å²) in [5.41, 5.74) is -0.778. The number of ether oxygens (including phenoxy) is 1. The third kappa shape index (κ3) is 2.97. The van der Waals surface area contributed by atoms with Crippen LogP contribution < -0.4 is 9.47 Å². The van der Waals surface area contributed by atoms with Crippen molar-refractivity contribution in [2.75, 3.05) is 0 Å². The van der Waals surface area contributed by atoms with Crippen LogP contribution in [-0.2, 0) is 12.6 Å². The highest BCUT2D eigenvalue weighted by atomic mass is 19.4. The second-order valence-electron chi connectivity index (χ2n) is 5.13. The number of fused-ring (bicyclic) bond motifs is 1. The summed E-state index contributed by atoms with van der Waals surface area (Å²) < 4.78 is 45.1. The summed E-state index contributed by atoms with van der Waals surface area (Å²) in [6, 6.07) is 11.5. The van der Waals surface area contributed by atoms with Crippen molar-refractivity contribution < 1.29 is 22.6 Å². The van der Waals surface area contributed by atoms with Crippen molar-refractivity contribution in [2.45, 2.75) is 19.5 Å². The monoisotopic (exact) mass is 334 g/mol. The minimum atomic E-state index is -4.52. The molecule has 0 fully saturated rings. The Morgan fingerprint density at radius 2 is 1.83 bits per heavy atom. The summed E-state index contributed by atoms with van der Waals surface area (Å²) in [6.07, 6.45) is -4.19. The van der Waals surface area contributed by atoms with Gasteiger partial charge in [-0.25, -0.2) is 4.73 Å². The summed E-state index contributed by atoms with van der Waals surface area (Å²) in [6.45, 7) is 1.74. The van der Waals surface area contributed by atoms with Gasteiger partial charge in [0, 0.05) is 0 Å². The Balaban J connectivity index is 2.22. The van der Waals surface area contributed by atoms with Gasteiger partial charge >= 0.3 is 17.9 Å². The van der Waals surface area contributed by atoms with E-state index in [2.05, 4.69) is 4.98 Å². The zero-order valence-electron chi connectivity index (χ0n) is 12.7. The Kier molecular flexibility index (Phi) is 4.01. The Morgan fingerprint density at radius 3 is 2.46 bits per heavy atom. The Labute approximate surface area is 135 Å². The van der Waals surface area contributed by atoms with Crippen LogP contribution in [0.3, 0.4) is 0 Å². The van der Waals surface area contributed by atoms with E-state index in [1.807, 2.05) is 0 Å². The molecule has 4 nitrogen and oxygen atoms in total. The third-order valence-corrected chi connectivity index (χ3v) is 3.51. The number of rotatable bonds is 3. The summed E-state index contributed by atoms with van der Waals surface area (Å²) >= 11 is 0. The maximum absolute atomic E-state index is 13.0. The number of nitrogens with zero attached hydrogens (tertiary/aromatic N) is 2. The number of para-hydroxylation sites is 1. The fraction of sp³-hybridized carbons (Fsp3) is 0.176. The molecule has 3 rings (SSSR count). The lowest BCUT2D eigenvalue weighted by Gasteiger charge is -2.13. The maximum atomic E-state index is 13.0. The van der Waals surface area contributed by atoms with Crippen LogP contribution in [0.15, 0.2) is 48.5 Å². The zero-order chi connectivity index (χ0) is 17.3. The van der Waals surface area contributed by atoms with Gasteiger partial charge in [-0.05, 0) is 35.3 Å². The average Bonchev–Trinajstić information content (AvgIpc) is 2.57. The highest BCUT2D eigenvalue weighted by Gasteiger charge is 2.32. The number of hydrogen-bond donors (Lipinski definition) is 0. The molecule has 7 heteroatoms. The quantitative estimate of drug-likeness (QED) is 0.532. The van der Waals surface area contributed by atoms with Crippen LogP contribution in [-0.4, -0.2) is 4.98 Å². The summed E-state index contributed by atoms with van der Waals surface area (Å²) in [4.78, 5) is 4.10. The van der Waals surface area contributed by atoms with E-state index in [0.29, 0.717) is 16.9 Å². The summed E-state index contributed by atoms with van der Waals surface area (Å²) in [5, 5.41) is 12.3. The Hall–Kier alpha value is -2.83. The highest BCUT2D eigenvalue weighted by molar-refractivity contribution is 5.82. The standard InChI is InChI=1S/C17H13F3N2O2/c1-2-15-21-16(24-12-6-4-3-5-7-12)13-10-11(17(18,19)20)8-9-14(13)22(15)23/h3-10H,2H2,1H3. The number of hydrogen-bond acceptors (Lipinski definition) is 3. The lowest BCUT2D eigenvalue weighted by molar-refractivity contribution is -0.589. The predicted molar refractivity (Wildman–Crippen MR) is 81.6 cm³/mol. The van der Waals surface area contributed by atoms with Gasteiger partial charge in [0.05, 0.1) is 12.0 Å². The van der Waals surface area contributed by atoms with E-state index in [1.54, 1.807) is 37.3 Å². The van der Waals surface area contributed by atoms with Gasteiger partial charge in [-0.2, -0.15) is 13.2 Å². The second-order valence-corrected chi connectivity index (χ2v) is 5.13. The van der Waals surface area contributed by atoms with Crippen molar-refractivity contribution in [2.24, 2.45) is 0 Å². The predicted octanol–water partition coefficient (Wildman–Crippen LogP) is 4.24. The molecule has 0 atom stereocenters. The molecule has 0 bridgehead atoms. The molecule has 0 saturated heterocycles. The molecule has 24 heavy (non-hydrogen) atoms. The molecule has 0 N–H and O–H groups in total. The molecule has 124 valence electrons. The lowest BCUT2D eigenvalue weighted by atomic mass is 10.1. The molecule has 0 amide bonds. The minimum Gasteiger partial charge on any atom is -0.710 e. The van der Waals surface area contributed by atoms with Crippen LogP contribution in [0.2, 0.25) is 0 Å². The van der Waals surface area contributed by atoms with Crippen LogP contribution in [0.5, 0.6) is 11.6 Å². The molecule has 0 spiro atoms. The largest absolute Gasteiger partial charge is 0.710 e. The molecule has 0 saturated carbocycles. The first-order valence-corrected chi connectivity index (χ1v) is 7.26. The molecule has 2 aromatic carbocycles. The minimum absolute atomic E-state index is 0.0147. The van der Waals surface area contributed by atoms with Crippen molar-refractivity contribution in [3.8, 4) is 11.6 Å². The zero-order valence-corrected chi connectivity index (χ0v) is 12.7. The highest BCUT2D eigenvalue weighted by Crippen LogP contribution is 2.34. The molecular formula is C17H13F3N2O2. The summed E-state index contributed by atoms with van der Waals surface area (Å²) in [5.74, 6) is 0.578. The fourth-order valence-corrected chi connectivity index (χ4v) is 2.32. The normalized spacial score (nSPS) is 11.7. The van der Waals surface area contributed by atoms with Gasteiger partial charge in [0.2, 0.25) is 0 Å². The van der Waals surface area contributed by atoms with Crippen molar-refractivity contribution in [3.05, 3.63) is 65.1 Å². The van der Waals surface area contributed by atoms with Gasteiger partial charge in [-0.15, -0.1) is 0 Å². The fourth-order valence-electron chi connectivity index (χ4n) is 2.32. The number of aromatic nitrogens is 2. The van der Waals surface area contributed by atoms with E-state index in [0.717, 1.165) is 18.2 Å². The maximum Gasteiger partial charge on any atom is 0.416 e. The van der Waals surface area contributed by atoms with Crippen LogP contribution >= 0.6 is 0 Å². The van der Waals surface area contributed by atoms with Crippen LogP contribution in [0.1, 0.15) is 18.3 Å². The molecule has 0 aliphatic rings. The van der Waals surface area contributed by atoms with Crippen molar-refractivity contribution >= 4 is 10.9 Å². The molecule has 1 heterocycles. The van der Waals surface area contributed by atoms with Gasteiger partial charge in [-0.3, -0.25) is 0 Å². The number of aryl methyl sites for hydroxylation is 1. The summed E-state index contributed by atoms with van der Waals surface area (Å²) in [7, 11) is 0. The average molecular weight is 334 g/mol. The van der Waals surface area contributed by atoms with Crippen LogP contribution in [0, 0.1) is 5.21 Å². The van der Waals surface area contributed by atoms with Crippen LogP contribution in [0.25, 0.3) is 10.9 Å². The number of benzene rings is 2. The van der Waals surface area contributed by atoms with Gasteiger partial charge < -0.3 is 9.94 Å². The van der Waals surface area contributed by atoms with Gasteiger partial charge in [-0.1, -0.05) is 25.1 Å².